The Balaban J connectivity index is 2.65. The monoisotopic (exact) mass is 318 g/mol. The van der Waals surface area contributed by atoms with Crippen LogP contribution in [0.25, 0.3) is 6.08 Å². The molecule has 1 aromatic carbocycles. The predicted molar refractivity (Wildman–Crippen MR) is 71.8 cm³/mol. The highest BCUT2D eigenvalue weighted by atomic mass is 19.4. The molecule has 120 valence electrons. The van der Waals surface area contributed by atoms with Crippen LogP contribution in [0.15, 0.2) is 30.3 Å². The fourth-order valence-electron chi connectivity index (χ4n) is 1.45. The van der Waals surface area contributed by atoms with Crippen LogP contribution in [0.2, 0.25) is 0 Å². The number of benzene rings is 1. The summed E-state index contributed by atoms with van der Waals surface area (Å²) in [6.07, 6.45) is -5.09. The number of alkyl halides is 3. The average molecular weight is 318 g/mol. The number of rotatable bonds is 5. The van der Waals surface area contributed by atoms with E-state index in [1.54, 1.807) is 0 Å². The Morgan fingerprint density at radius 3 is 2.41 bits per heavy atom. The summed E-state index contributed by atoms with van der Waals surface area (Å²) in [5.41, 5.74) is 0.359. The maximum atomic E-state index is 12.2. The Bertz CT molecular complexity index is 570. The molecule has 1 aromatic rings. The van der Waals surface area contributed by atoms with E-state index in [1.807, 2.05) is 0 Å². The van der Waals surface area contributed by atoms with Crippen LogP contribution in [-0.4, -0.2) is 46.7 Å². The molecule has 0 saturated heterocycles. The average Bonchev–Trinajstić information content (AvgIpc) is 2.43. The second kappa shape index (κ2) is 7.03. The molecule has 1 unspecified atom stereocenters. The molecule has 22 heavy (non-hydrogen) atoms. The summed E-state index contributed by atoms with van der Waals surface area (Å²) in [6, 6.07) is 5.27. The van der Waals surface area contributed by atoms with E-state index in [4.69, 9.17) is 5.11 Å². The van der Waals surface area contributed by atoms with E-state index in [-0.39, 0.29) is 5.69 Å². The lowest BCUT2D eigenvalue weighted by Gasteiger charge is -2.21. The maximum Gasteiger partial charge on any atom is 0.416 e. The zero-order valence-electron chi connectivity index (χ0n) is 11.4. The van der Waals surface area contributed by atoms with E-state index >= 15 is 0 Å². The van der Waals surface area contributed by atoms with Gasteiger partial charge in [-0.3, -0.25) is 14.9 Å². The molecule has 9 heteroatoms. The van der Waals surface area contributed by atoms with Crippen LogP contribution < -0.4 is 0 Å². The lowest BCUT2D eigenvalue weighted by Crippen LogP contribution is -2.41. The van der Waals surface area contributed by atoms with Gasteiger partial charge in [0.05, 0.1) is 11.5 Å². The molecule has 0 saturated carbocycles. The van der Waals surface area contributed by atoms with Gasteiger partial charge in [-0.25, -0.2) is 0 Å². The summed E-state index contributed by atoms with van der Waals surface area (Å²) >= 11 is 0. The number of carbonyl (C=O) groups is 1. The van der Waals surface area contributed by atoms with Gasteiger partial charge in [0.2, 0.25) is 5.91 Å². The van der Waals surface area contributed by atoms with Crippen molar-refractivity contribution >= 4 is 17.7 Å². The van der Waals surface area contributed by atoms with Gasteiger partial charge in [-0.05, 0) is 23.8 Å². The van der Waals surface area contributed by atoms with E-state index in [0.29, 0.717) is 5.56 Å². The smallest absolute Gasteiger partial charge is 0.382 e. The van der Waals surface area contributed by atoms with E-state index in [0.717, 1.165) is 18.0 Å². The van der Waals surface area contributed by atoms with Gasteiger partial charge in [0.25, 0.3) is 5.69 Å². The number of non-ortho nitro benzene ring substituents is 1. The number of carbonyl (C=O) groups excluding carboxylic acids is 1. The molecule has 6 nitrogen and oxygen atoms in total. The second-order valence-corrected chi connectivity index (χ2v) is 4.46. The van der Waals surface area contributed by atoms with Crippen molar-refractivity contribution in [1.82, 2.24) is 4.90 Å². The highest BCUT2D eigenvalue weighted by Gasteiger charge is 2.39. The van der Waals surface area contributed by atoms with Crippen molar-refractivity contribution in [2.75, 3.05) is 13.6 Å². The first-order valence-electron chi connectivity index (χ1n) is 6.03. The highest BCUT2D eigenvalue weighted by molar-refractivity contribution is 5.91. The van der Waals surface area contributed by atoms with Crippen molar-refractivity contribution in [3.63, 3.8) is 0 Å². The molecule has 0 aliphatic heterocycles. The predicted octanol–water partition coefficient (Wildman–Crippen LogP) is 1.99. The number of aliphatic hydroxyl groups is 1. The fraction of sp³-hybridized carbons (Fsp3) is 0.308. The van der Waals surface area contributed by atoms with Gasteiger partial charge in [-0.1, -0.05) is 0 Å². The minimum atomic E-state index is -4.80. The van der Waals surface area contributed by atoms with E-state index in [2.05, 4.69) is 0 Å². The van der Waals surface area contributed by atoms with Gasteiger partial charge in [-0.2, -0.15) is 13.2 Å². The molecule has 0 aromatic heterocycles. The number of nitro groups is 1. The van der Waals surface area contributed by atoms with Crippen molar-refractivity contribution < 1.29 is 28.0 Å². The minimum absolute atomic E-state index is 0.117. The molecule has 0 radical (unpaired) electrons. The Hall–Kier alpha value is -2.42. The number of hydrogen-bond acceptors (Lipinski definition) is 4. The molecular formula is C13H13F3N2O4. The third-order valence-electron chi connectivity index (χ3n) is 2.72. The fourth-order valence-corrected chi connectivity index (χ4v) is 1.45. The van der Waals surface area contributed by atoms with E-state index in [1.165, 1.54) is 30.3 Å². The third-order valence-corrected chi connectivity index (χ3v) is 2.72. The maximum absolute atomic E-state index is 12.2. The molecule has 1 rings (SSSR count). The van der Waals surface area contributed by atoms with Gasteiger partial charge < -0.3 is 10.0 Å². The van der Waals surface area contributed by atoms with Crippen molar-refractivity contribution in [2.24, 2.45) is 0 Å². The first-order valence-corrected chi connectivity index (χ1v) is 6.03. The number of nitrogens with zero attached hydrogens (tertiary/aromatic N) is 2. The third kappa shape index (κ3) is 5.17. The van der Waals surface area contributed by atoms with Crippen LogP contribution in [0.5, 0.6) is 0 Å². The SMILES string of the molecule is CN(CC(O)C(F)(F)F)C(=O)/C=C/c1ccc([N+](=O)[O-])cc1. The van der Waals surface area contributed by atoms with Gasteiger partial charge in [0, 0.05) is 25.3 Å². The quantitative estimate of drug-likeness (QED) is 0.511. The van der Waals surface area contributed by atoms with Crippen LogP contribution in [0, 0.1) is 10.1 Å². The Kier molecular flexibility index (Phi) is 5.63. The molecule has 1 N–H and O–H groups in total. The standard InChI is InChI=1S/C13H13F3N2O4/c1-17(8-11(19)13(14,15)16)12(20)7-4-9-2-5-10(6-3-9)18(21)22/h2-7,11,19H,8H2,1H3/b7-4+. The van der Waals surface area contributed by atoms with Gasteiger partial charge >= 0.3 is 6.18 Å². The lowest BCUT2D eigenvalue weighted by molar-refractivity contribution is -0.384. The van der Waals surface area contributed by atoms with Crippen molar-refractivity contribution in [1.29, 1.82) is 0 Å². The number of halogens is 3. The zero-order valence-corrected chi connectivity index (χ0v) is 11.4. The van der Waals surface area contributed by atoms with Crippen molar-refractivity contribution in [3.05, 3.63) is 46.0 Å². The largest absolute Gasteiger partial charge is 0.416 e. The molecule has 0 aliphatic rings. The van der Waals surface area contributed by atoms with Crippen molar-refractivity contribution in [2.45, 2.75) is 12.3 Å². The molecular weight excluding hydrogens is 305 g/mol. The highest BCUT2D eigenvalue weighted by Crippen LogP contribution is 2.20. The van der Waals surface area contributed by atoms with Crippen LogP contribution in [-0.2, 0) is 4.79 Å². The lowest BCUT2D eigenvalue weighted by atomic mass is 10.2. The summed E-state index contributed by atoms with van der Waals surface area (Å²) in [5.74, 6) is -0.735. The normalized spacial score (nSPS) is 13.1. The summed E-state index contributed by atoms with van der Waals surface area (Å²) in [4.78, 5) is 22.2. The number of amides is 1. The molecule has 1 amide bonds. The summed E-state index contributed by atoms with van der Waals surface area (Å²) in [5, 5.41) is 19.3. The van der Waals surface area contributed by atoms with Crippen LogP contribution in [0.3, 0.4) is 0 Å². The summed E-state index contributed by atoms with van der Waals surface area (Å²) in [7, 11) is 1.12. The van der Waals surface area contributed by atoms with Crippen molar-refractivity contribution in [3.8, 4) is 0 Å². The van der Waals surface area contributed by atoms with Crippen LogP contribution >= 0.6 is 0 Å². The Labute approximate surface area is 123 Å². The van der Waals surface area contributed by atoms with Crippen LogP contribution in [0.4, 0.5) is 18.9 Å². The zero-order chi connectivity index (χ0) is 16.9. The second-order valence-electron chi connectivity index (χ2n) is 4.46. The topological polar surface area (TPSA) is 83.7 Å². The van der Waals surface area contributed by atoms with Gasteiger partial charge in [-0.15, -0.1) is 0 Å². The summed E-state index contributed by atoms with van der Waals surface area (Å²) in [6.45, 7) is -0.882. The number of aliphatic hydroxyl groups excluding tert-OH is 1. The van der Waals surface area contributed by atoms with Gasteiger partial charge in [0.1, 0.15) is 0 Å². The minimum Gasteiger partial charge on any atom is -0.382 e. The molecule has 0 spiro atoms. The van der Waals surface area contributed by atoms with Gasteiger partial charge in [0.15, 0.2) is 6.10 Å². The number of likely N-dealkylation sites (N-methyl/N-ethyl adjacent to an activating group) is 1. The van der Waals surface area contributed by atoms with E-state index in [9.17, 15) is 28.1 Å². The molecule has 1 atom stereocenters. The van der Waals surface area contributed by atoms with Crippen LogP contribution in [0.1, 0.15) is 5.56 Å². The molecule has 0 aliphatic carbocycles. The first kappa shape index (κ1) is 17.6. The Morgan fingerprint density at radius 1 is 1.41 bits per heavy atom. The first-order chi connectivity index (χ1) is 10.1. The summed E-state index contributed by atoms with van der Waals surface area (Å²) < 4.78 is 36.5. The molecule has 0 fully saturated rings. The number of nitro benzene ring substituents is 1. The molecule has 0 bridgehead atoms. The molecule has 0 heterocycles. The Morgan fingerprint density at radius 2 is 1.95 bits per heavy atom. The van der Waals surface area contributed by atoms with E-state index < -0.39 is 29.7 Å². The number of hydrogen-bond donors (Lipinski definition) is 1.